The molecule has 0 amide bonds. The van der Waals surface area contributed by atoms with Crippen LogP contribution in [-0.2, 0) is 6.42 Å². The van der Waals surface area contributed by atoms with Crippen LogP contribution in [-0.4, -0.2) is 9.97 Å². The predicted molar refractivity (Wildman–Crippen MR) is 63.8 cm³/mol. The van der Waals surface area contributed by atoms with Crippen molar-refractivity contribution in [2.75, 3.05) is 0 Å². The highest BCUT2D eigenvalue weighted by molar-refractivity contribution is 5.19. The highest BCUT2D eigenvalue weighted by atomic mass is 19.1. The quantitative estimate of drug-likeness (QED) is 0.880. The maximum absolute atomic E-state index is 13.0. The van der Waals surface area contributed by atoms with Crippen LogP contribution in [0, 0.1) is 12.7 Å². The van der Waals surface area contributed by atoms with Gasteiger partial charge >= 0.3 is 0 Å². The van der Waals surface area contributed by atoms with Gasteiger partial charge in [-0.15, -0.1) is 0 Å². The van der Waals surface area contributed by atoms with Crippen LogP contribution < -0.4 is 5.73 Å². The first-order valence-corrected chi connectivity index (χ1v) is 5.45. The Labute approximate surface area is 99.5 Å². The van der Waals surface area contributed by atoms with Crippen molar-refractivity contribution in [1.82, 2.24) is 9.97 Å². The van der Waals surface area contributed by atoms with Crippen LogP contribution in [0.1, 0.15) is 23.1 Å². The molecule has 4 heteroatoms. The summed E-state index contributed by atoms with van der Waals surface area (Å²) in [5, 5.41) is 0. The zero-order valence-electron chi connectivity index (χ0n) is 9.60. The fourth-order valence-electron chi connectivity index (χ4n) is 1.70. The van der Waals surface area contributed by atoms with Crippen LogP contribution in [0.5, 0.6) is 0 Å². The molecule has 1 heterocycles. The lowest BCUT2D eigenvalue weighted by Crippen LogP contribution is -2.15. The molecule has 2 aromatic rings. The number of aromatic nitrogens is 2. The third kappa shape index (κ3) is 3.07. The van der Waals surface area contributed by atoms with E-state index in [1.165, 1.54) is 12.1 Å². The van der Waals surface area contributed by atoms with E-state index in [1.54, 1.807) is 18.3 Å². The molecule has 0 bridgehead atoms. The number of rotatable bonds is 3. The van der Waals surface area contributed by atoms with E-state index in [-0.39, 0.29) is 11.9 Å². The minimum atomic E-state index is -0.242. The molecule has 17 heavy (non-hydrogen) atoms. The summed E-state index contributed by atoms with van der Waals surface area (Å²) in [5.41, 5.74) is 7.68. The lowest BCUT2D eigenvalue weighted by Gasteiger charge is -2.11. The van der Waals surface area contributed by atoms with Gasteiger partial charge < -0.3 is 5.73 Å². The monoisotopic (exact) mass is 231 g/mol. The topological polar surface area (TPSA) is 51.8 Å². The Kier molecular flexibility index (Phi) is 3.44. The molecule has 0 aliphatic carbocycles. The molecule has 2 rings (SSSR count). The van der Waals surface area contributed by atoms with Crippen LogP contribution in [0.15, 0.2) is 36.5 Å². The van der Waals surface area contributed by atoms with E-state index < -0.39 is 0 Å². The second kappa shape index (κ2) is 5.01. The van der Waals surface area contributed by atoms with E-state index in [2.05, 4.69) is 9.97 Å². The number of halogens is 1. The zero-order chi connectivity index (χ0) is 12.3. The molecular formula is C13H14FN3. The Morgan fingerprint density at radius 2 is 2.18 bits per heavy atom. The van der Waals surface area contributed by atoms with Crippen molar-refractivity contribution in [3.05, 3.63) is 59.4 Å². The predicted octanol–water partition coefficient (Wildman–Crippen LogP) is 2.17. The highest BCUT2D eigenvalue weighted by Crippen LogP contribution is 2.14. The van der Waals surface area contributed by atoms with Gasteiger partial charge in [0, 0.05) is 6.20 Å². The summed E-state index contributed by atoms with van der Waals surface area (Å²) >= 11 is 0. The molecule has 88 valence electrons. The normalized spacial score (nSPS) is 12.4. The van der Waals surface area contributed by atoms with Crippen molar-refractivity contribution in [2.24, 2.45) is 5.73 Å². The Bertz CT molecular complexity index is 514. The Hall–Kier alpha value is -1.81. The summed E-state index contributed by atoms with van der Waals surface area (Å²) < 4.78 is 13.0. The smallest absolute Gasteiger partial charge is 0.125 e. The largest absolute Gasteiger partial charge is 0.322 e. The lowest BCUT2D eigenvalue weighted by atomic mass is 10.0. The Morgan fingerprint density at radius 3 is 2.88 bits per heavy atom. The number of hydrogen-bond acceptors (Lipinski definition) is 3. The van der Waals surface area contributed by atoms with E-state index in [9.17, 15) is 4.39 Å². The van der Waals surface area contributed by atoms with Gasteiger partial charge in [-0.25, -0.2) is 14.4 Å². The van der Waals surface area contributed by atoms with Crippen molar-refractivity contribution < 1.29 is 4.39 Å². The van der Waals surface area contributed by atoms with Gasteiger partial charge in [0.2, 0.25) is 0 Å². The first kappa shape index (κ1) is 11.7. The second-order valence-electron chi connectivity index (χ2n) is 3.97. The fourth-order valence-corrected chi connectivity index (χ4v) is 1.70. The molecule has 0 aliphatic rings. The first-order valence-electron chi connectivity index (χ1n) is 5.45. The number of nitrogens with zero attached hydrogens (tertiary/aromatic N) is 2. The average molecular weight is 231 g/mol. The lowest BCUT2D eigenvalue weighted by molar-refractivity contribution is 0.620. The van der Waals surface area contributed by atoms with Crippen LogP contribution in [0.25, 0.3) is 0 Å². The minimum absolute atomic E-state index is 0.238. The molecule has 0 aliphatic heterocycles. The molecule has 1 atom stereocenters. The van der Waals surface area contributed by atoms with Crippen LogP contribution >= 0.6 is 0 Å². The van der Waals surface area contributed by atoms with Gasteiger partial charge in [-0.3, -0.25) is 0 Å². The summed E-state index contributed by atoms with van der Waals surface area (Å²) in [5.74, 6) is 0.450. The fraction of sp³-hybridized carbons (Fsp3) is 0.231. The molecule has 0 spiro atoms. The van der Waals surface area contributed by atoms with Gasteiger partial charge in [0.25, 0.3) is 0 Å². The van der Waals surface area contributed by atoms with Gasteiger partial charge in [0.05, 0.1) is 11.7 Å². The SMILES string of the molecule is Cc1nccc(C(N)Cc2cccc(F)c2)n1. The van der Waals surface area contributed by atoms with E-state index in [4.69, 9.17) is 5.73 Å². The highest BCUT2D eigenvalue weighted by Gasteiger charge is 2.09. The van der Waals surface area contributed by atoms with Crippen molar-refractivity contribution in [1.29, 1.82) is 0 Å². The van der Waals surface area contributed by atoms with Crippen molar-refractivity contribution >= 4 is 0 Å². The Balaban J connectivity index is 2.14. The molecular weight excluding hydrogens is 217 g/mol. The maximum Gasteiger partial charge on any atom is 0.125 e. The molecule has 1 unspecified atom stereocenters. The molecule has 1 aromatic carbocycles. The average Bonchev–Trinajstić information content (AvgIpc) is 2.29. The van der Waals surface area contributed by atoms with E-state index >= 15 is 0 Å². The zero-order valence-corrected chi connectivity index (χ0v) is 9.60. The van der Waals surface area contributed by atoms with Crippen molar-refractivity contribution in [3.8, 4) is 0 Å². The van der Waals surface area contributed by atoms with E-state index in [1.807, 2.05) is 13.0 Å². The molecule has 0 radical (unpaired) electrons. The summed E-state index contributed by atoms with van der Waals surface area (Å²) in [7, 11) is 0. The third-order valence-electron chi connectivity index (χ3n) is 2.52. The van der Waals surface area contributed by atoms with Crippen LogP contribution in [0.2, 0.25) is 0 Å². The summed E-state index contributed by atoms with van der Waals surface area (Å²) in [6.45, 7) is 1.82. The van der Waals surface area contributed by atoms with Gasteiger partial charge in [-0.2, -0.15) is 0 Å². The van der Waals surface area contributed by atoms with Gasteiger partial charge in [-0.1, -0.05) is 12.1 Å². The van der Waals surface area contributed by atoms with E-state index in [0.29, 0.717) is 12.2 Å². The molecule has 2 N–H and O–H groups in total. The molecule has 1 aromatic heterocycles. The number of aryl methyl sites for hydroxylation is 1. The minimum Gasteiger partial charge on any atom is -0.322 e. The summed E-state index contributed by atoms with van der Waals surface area (Å²) in [6, 6.07) is 8.01. The number of hydrogen-bond donors (Lipinski definition) is 1. The number of benzene rings is 1. The first-order chi connectivity index (χ1) is 8.15. The number of nitrogens with two attached hydrogens (primary N) is 1. The van der Waals surface area contributed by atoms with Gasteiger partial charge in [0.15, 0.2) is 0 Å². The van der Waals surface area contributed by atoms with E-state index in [0.717, 1.165) is 11.3 Å². The van der Waals surface area contributed by atoms with Gasteiger partial charge in [-0.05, 0) is 37.1 Å². The van der Waals surface area contributed by atoms with Gasteiger partial charge in [0.1, 0.15) is 11.6 Å². The molecule has 0 saturated carbocycles. The molecule has 0 fully saturated rings. The molecule has 3 nitrogen and oxygen atoms in total. The van der Waals surface area contributed by atoms with Crippen molar-refractivity contribution in [3.63, 3.8) is 0 Å². The third-order valence-corrected chi connectivity index (χ3v) is 2.52. The standard InChI is InChI=1S/C13H14FN3/c1-9-16-6-5-13(17-9)12(15)8-10-3-2-4-11(14)7-10/h2-7,12H,8,15H2,1H3. The Morgan fingerprint density at radius 1 is 1.35 bits per heavy atom. The maximum atomic E-state index is 13.0. The summed E-state index contributed by atoms with van der Waals surface area (Å²) in [4.78, 5) is 8.28. The van der Waals surface area contributed by atoms with Crippen molar-refractivity contribution in [2.45, 2.75) is 19.4 Å². The molecule has 0 saturated heterocycles. The second-order valence-corrected chi connectivity index (χ2v) is 3.97. The van der Waals surface area contributed by atoms with Crippen LogP contribution in [0.4, 0.5) is 4.39 Å². The van der Waals surface area contributed by atoms with Crippen LogP contribution in [0.3, 0.4) is 0 Å². The summed E-state index contributed by atoms with van der Waals surface area (Å²) in [6.07, 6.45) is 2.25.